The molecule has 0 radical (unpaired) electrons. The van der Waals surface area contributed by atoms with E-state index in [1.807, 2.05) is 48.5 Å². The number of nitrogens with zero attached hydrogens (tertiary/aromatic N) is 3. The van der Waals surface area contributed by atoms with E-state index in [0.717, 1.165) is 40.1 Å². The number of unbranched alkanes of at least 4 members (excludes halogenated alkanes) is 1. The molecule has 176 valence electrons. The van der Waals surface area contributed by atoms with Gasteiger partial charge in [-0.3, -0.25) is 4.98 Å². The van der Waals surface area contributed by atoms with Gasteiger partial charge < -0.3 is 9.47 Å². The molecule has 0 bridgehead atoms. The third-order valence-corrected chi connectivity index (χ3v) is 6.65. The van der Waals surface area contributed by atoms with Crippen molar-refractivity contribution in [3.8, 4) is 22.8 Å². The first kappa shape index (κ1) is 24.0. The van der Waals surface area contributed by atoms with E-state index in [0.29, 0.717) is 40.2 Å². The number of benzene rings is 2. The molecule has 0 aliphatic rings. The molecular weight excluding hydrogens is 518 g/mol. The van der Waals surface area contributed by atoms with Crippen molar-refractivity contribution in [3.63, 3.8) is 0 Å². The van der Waals surface area contributed by atoms with E-state index in [1.165, 1.54) is 6.20 Å². The topological polar surface area (TPSA) is 83.3 Å². The first-order valence-corrected chi connectivity index (χ1v) is 13.3. The summed E-state index contributed by atoms with van der Waals surface area (Å²) >= 11 is 3.35. The van der Waals surface area contributed by atoms with Crippen LogP contribution < -0.4 is 9.47 Å². The first-order chi connectivity index (χ1) is 16.4. The fourth-order valence-corrected chi connectivity index (χ4v) is 4.82. The quantitative estimate of drug-likeness (QED) is 0.245. The van der Waals surface area contributed by atoms with Crippen molar-refractivity contribution < 1.29 is 17.9 Å². The fraction of sp³-hybridized carbons (Fsp3) is 0.200. The molecule has 9 heteroatoms. The van der Waals surface area contributed by atoms with Gasteiger partial charge in [0.1, 0.15) is 21.6 Å². The van der Waals surface area contributed by atoms with Crippen molar-refractivity contribution in [1.82, 2.24) is 14.2 Å². The Morgan fingerprint density at radius 2 is 1.68 bits per heavy atom. The van der Waals surface area contributed by atoms with Crippen LogP contribution >= 0.6 is 15.9 Å². The number of halogens is 1. The number of rotatable bonds is 10. The minimum absolute atomic E-state index is 0.412. The Morgan fingerprint density at radius 3 is 2.38 bits per heavy atom. The zero-order valence-electron chi connectivity index (χ0n) is 18.6. The maximum absolute atomic E-state index is 12.0. The highest BCUT2D eigenvalue weighted by atomic mass is 79.9. The summed E-state index contributed by atoms with van der Waals surface area (Å²) in [5.41, 5.74) is 2.88. The smallest absolute Gasteiger partial charge is 0.251 e. The lowest BCUT2D eigenvalue weighted by molar-refractivity contribution is 0.267. The lowest BCUT2D eigenvalue weighted by atomic mass is 10.1. The van der Waals surface area contributed by atoms with Gasteiger partial charge in [-0.15, -0.1) is 5.10 Å². The van der Waals surface area contributed by atoms with E-state index in [1.54, 1.807) is 12.1 Å². The van der Waals surface area contributed by atoms with Crippen molar-refractivity contribution >= 4 is 42.9 Å². The number of hydrogen-bond acceptors (Lipinski definition) is 6. The van der Waals surface area contributed by atoms with Gasteiger partial charge in [-0.1, -0.05) is 43.0 Å². The second kappa shape index (κ2) is 10.4. The van der Waals surface area contributed by atoms with Gasteiger partial charge in [0.05, 0.1) is 31.4 Å². The van der Waals surface area contributed by atoms with Crippen LogP contribution in [0.15, 0.2) is 72.0 Å². The van der Waals surface area contributed by atoms with Gasteiger partial charge in [0.15, 0.2) is 0 Å². The molecule has 4 rings (SSSR count). The van der Waals surface area contributed by atoms with Crippen molar-refractivity contribution in [2.45, 2.75) is 12.8 Å². The van der Waals surface area contributed by atoms with Crippen LogP contribution in [0.5, 0.6) is 11.5 Å². The van der Waals surface area contributed by atoms with Crippen LogP contribution in [0, 0.1) is 0 Å². The monoisotopic (exact) mass is 541 g/mol. The molecule has 4 aromatic rings. The molecule has 0 fully saturated rings. The molecule has 0 saturated heterocycles. The van der Waals surface area contributed by atoms with E-state index >= 15 is 0 Å². The predicted octanol–water partition coefficient (Wildman–Crippen LogP) is 5.55. The van der Waals surface area contributed by atoms with Crippen molar-refractivity contribution in [2.24, 2.45) is 0 Å². The van der Waals surface area contributed by atoms with Gasteiger partial charge in [-0.05, 0) is 53.0 Å². The van der Waals surface area contributed by atoms with Crippen molar-refractivity contribution in [1.29, 1.82) is 0 Å². The lowest BCUT2D eigenvalue weighted by Crippen LogP contribution is -2.11. The van der Waals surface area contributed by atoms with E-state index in [-0.39, 0.29) is 0 Å². The Balaban J connectivity index is 1.42. The molecule has 0 spiro atoms. The number of hydrogen-bond donors (Lipinski definition) is 0. The van der Waals surface area contributed by atoms with Gasteiger partial charge in [0, 0.05) is 16.5 Å². The van der Waals surface area contributed by atoms with Gasteiger partial charge in [0.2, 0.25) is 0 Å². The van der Waals surface area contributed by atoms with E-state index in [4.69, 9.17) is 9.47 Å². The summed E-state index contributed by atoms with van der Waals surface area (Å²) in [7, 11) is -3.54. The Hall–Kier alpha value is -3.17. The molecule has 2 aromatic carbocycles. The minimum Gasteiger partial charge on any atom is -0.493 e. The molecular formula is C25H24BrN3O4S. The third-order valence-electron chi connectivity index (χ3n) is 5.16. The molecule has 0 N–H and O–H groups in total. The predicted molar refractivity (Wildman–Crippen MR) is 138 cm³/mol. The number of pyridine rings is 1. The maximum atomic E-state index is 12.0. The normalized spacial score (nSPS) is 11.5. The highest BCUT2D eigenvalue weighted by Crippen LogP contribution is 2.32. The second-order valence-corrected chi connectivity index (χ2v) is 10.2. The molecule has 0 saturated carbocycles. The van der Waals surface area contributed by atoms with Crippen molar-refractivity contribution in [2.75, 3.05) is 19.5 Å². The van der Waals surface area contributed by atoms with Gasteiger partial charge in [0.25, 0.3) is 10.0 Å². The number of para-hydroxylation sites is 2. The third kappa shape index (κ3) is 5.31. The SMILES string of the molecule is C=Cc1ccccc1OCCCCOc1ccccc1-c1cc2c(Br)nn(S(C)(=O)=O)c2cn1. The van der Waals surface area contributed by atoms with Crippen LogP contribution in [-0.4, -0.2) is 42.1 Å². The average Bonchev–Trinajstić information content (AvgIpc) is 3.18. The van der Waals surface area contributed by atoms with Crippen LogP contribution in [0.25, 0.3) is 28.2 Å². The van der Waals surface area contributed by atoms with E-state index in [2.05, 4.69) is 32.6 Å². The van der Waals surface area contributed by atoms with Gasteiger partial charge in [-0.2, -0.15) is 4.09 Å². The van der Waals surface area contributed by atoms with Gasteiger partial charge >= 0.3 is 0 Å². The summed E-state index contributed by atoms with van der Waals surface area (Å²) < 4.78 is 37.3. The highest BCUT2D eigenvalue weighted by molar-refractivity contribution is 9.10. The summed E-state index contributed by atoms with van der Waals surface area (Å²) in [4.78, 5) is 4.48. The van der Waals surface area contributed by atoms with Crippen LogP contribution in [0.4, 0.5) is 0 Å². The number of aromatic nitrogens is 3. The molecule has 0 aliphatic carbocycles. The zero-order chi connectivity index (χ0) is 24.1. The summed E-state index contributed by atoms with van der Waals surface area (Å²) in [6.45, 7) is 4.93. The highest BCUT2D eigenvalue weighted by Gasteiger charge is 2.18. The lowest BCUT2D eigenvalue weighted by Gasteiger charge is -2.12. The van der Waals surface area contributed by atoms with Crippen molar-refractivity contribution in [3.05, 3.63) is 77.5 Å². The number of fused-ring (bicyclic) bond motifs is 1. The van der Waals surface area contributed by atoms with E-state index in [9.17, 15) is 8.42 Å². The maximum Gasteiger partial charge on any atom is 0.251 e. The Labute approximate surface area is 207 Å². The number of ether oxygens (including phenoxy) is 2. The summed E-state index contributed by atoms with van der Waals surface area (Å²) in [6, 6.07) is 17.3. The summed E-state index contributed by atoms with van der Waals surface area (Å²) in [5.74, 6) is 1.54. The molecule has 0 unspecified atom stereocenters. The molecule has 0 atom stereocenters. The molecule has 2 aromatic heterocycles. The standard InChI is InChI=1S/C25H24BrN3O4S/c1-3-18-10-4-6-12-23(18)32-14-8-9-15-33-24-13-7-5-11-19(24)21-16-20-22(17-27-21)29(28-25(20)26)34(2,30)31/h3-7,10-13,16-17H,1,8-9,14-15H2,2H3. The average molecular weight is 542 g/mol. The minimum atomic E-state index is -3.54. The fourth-order valence-electron chi connectivity index (χ4n) is 3.51. The first-order valence-electron chi connectivity index (χ1n) is 10.7. The largest absolute Gasteiger partial charge is 0.493 e. The summed E-state index contributed by atoms with van der Waals surface area (Å²) in [5, 5.41) is 4.74. The van der Waals surface area contributed by atoms with Crippen LogP contribution in [0.1, 0.15) is 18.4 Å². The van der Waals surface area contributed by atoms with Crippen LogP contribution in [0.2, 0.25) is 0 Å². The molecule has 2 heterocycles. The Morgan fingerprint density at radius 1 is 1.03 bits per heavy atom. The van der Waals surface area contributed by atoms with Gasteiger partial charge in [-0.25, -0.2) is 8.42 Å². The second-order valence-electron chi connectivity index (χ2n) is 7.63. The Kier molecular flexibility index (Phi) is 7.33. The molecule has 7 nitrogen and oxygen atoms in total. The summed E-state index contributed by atoms with van der Waals surface area (Å²) in [6.07, 6.45) is 6.07. The zero-order valence-corrected chi connectivity index (χ0v) is 21.0. The van der Waals surface area contributed by atoms with E-state index < -0.39 is 10.0 Å². The van der Waals surface area contributed by atoms with Crippen LogP contribution in [-0.2, 0) is 10.0 Å². The Bertz CT molecular complexity index is 1430. The molecule has 0 amide bonds. The molecule has 34 heavy (non-hydrogen) atoms. The molecule has 0 aliphatic heterocycles. The van der Waals surface area contributed by atoms with Crippen LogP contribution in [0.3, 0.4) is 0 Å².